The summed E-state index contributed by atoms with van der Waals surface area (Å²) in [6.45, 7) is 0.543. The zero-order chi connectivity index (χ0) is 23.6. The fourth-order valence-electron chi connectivity index (χ4n) is 5.29. The van der Waals surface area contributed by atoms with Crippen molar-refractivity contribution in [2.24, 2.45) is 11.7 Å². The summed E-state index contributed by atoms with van der Waals surface area (Å²) in [5.41, 5.74) is 13.8. The summed E-state index contributed by atoms with van der Waals surface area (Å²) in [6, 6.07) is 13.8. The normalized spacial score (nSPS) is 21.1. The number of para-hydroxylation sites is 1. The van der Waals surface area contributed by atoms with Gasteiger partial charge in [0.15, 0.2) is 5.13 Å². The van der Waals surface area contributed by atoms with Crippen LogP contribution in [0.1, 0.15) is 33.7 Å². The van der Waals surface area contributed by atoms with Gasteiger partial charge in [-0.25, -0.2) is 9.37 Å². The van der Waals surface area contributed by atoms with Crippen LogP contribution in [0.25, 0.3) is 21.3 Å². The van der Waals surface area contributed by atoms with Crippen molar-refractivity contribution < 1.29 is 14.0 Å². The van der Waals surface area contributed by atoms with Crippen molar-refractivity contribution in [1.82, 2.24) is 14.5 Å². The minimum Gasteiger partial charge on any atom is -0.375 e. The molecule has 2 fully saturated rings. The Balaban J connectivity index is 1.35. The number of nitrogens with zero attached hydrogens (tertiary/aromatic N) is 3. The minimum absolute atomic E-state index is 0.0592. The number of nitrogen functional groups attached to an aromatic ring is 1. The van der Waals surface area contributed by atoms with Gasteiger partial charge in [0, 0.05) is 29.7 Å². The van der Waals surface area contributed by atoms with Gasteiger partial charge in [0.25, 0.3) is 11.8 Å². The standard InChI is InChI=1S/C25H22FN5O2S/c26-15-5-3-4-13(8-15)22-21(29-25(28)34-22)24(33)31-16(9-14-10-20(14)31)11-30-12-18(23(27)32)17-6-1-2-7-19(17)30/h1-8,12,14,16,20H,9-11H2,(H2,27,32)(H2,28,29)/t14-,16+,20+/m1/s1. The Morgan fingerprint density at radius 2 is 1.97 bits per heavy atom. The van der Waals surface area contributed by atoms with Crippen LogP contribution in [-0.2, 0) is 6.54 Å². The molecule has 34 heavy (non-hydrogen) atoms. The van der Waals surface area contributed by atoms with Gasteiger partial charge in [-0.3, -0.25) is 9.59 Å². The van der Waals surface area contributed by atoms with Crippen LogP contribution in [-0.4, -0.2) is 38.3 Å². The van der Waals surface area contributed by atoms with E-state index in [9.17, 15) is 14.0 Å². The quantitative estimate of drug-likeness (QED) is 0.457. The highest BCUT2D eigenvalue weighted by atomic mass is 32.1. The van der Waals surface area contributed by atoms with Crippen LogP contribution in [0, 0.1) is 11.7 Å². The minimum atomic E-state index is -0.477. The zero-order valence-electron chi connectivity index (χ0n) is 18.1. The Morgan fingerprint density at radius 1 is 1.15 bits per heavy atom. The molecular weight excluding hydrogens is 453 g/mol. The van der Waals surface area contributed by atoms with Crippen LogP contribution in [0.3, 0.4) is 0 Å². The first kappa shape index (κ1) is 20.9. The van der Waals surface area contributed by atoms with Gasteiger partial charge in [-0.15, -0.1) is 0 Å². The van der Waals surface area contributed by atoms with E-state index in [1.807, 2.05) is 33.7 Å². The van der Waals surface area contributed by atoms with Crippen molar-refractivity contribution in [1.29, 1.82) is 0 Å². The van der Waals surface area contributed by atoms with Gasteiger partial charge in [0.05, 0.1) is 16.5 Å². The van der Waals surface area contributed by atoms with Crippen molar-refractivity contribution in [2.45, 2.75) is 31.5 Å². The first-order valence-corrected chi connectivity index (χ1v) is 11.9. The number of thiazole rings is 1. The molecule has 2 amide bonds. The van der Waals surface area contributed by atoms with E-state index in [4.69, 9.17) is 11.5 Å². The number of carbonyl (C=O) groups is 2. The molecule has 4 aromatic rings. The van der Waals surface area contributed by atoms with Crippen LogP contribution in [0.15, 0.2) is 54.7 Å². The molecule has 3 atom stereocenters. The average molecular weight is 476 g/mol. The maximum absolute atomic E-state index is 13.9. The average Bonchev–Trinajstić information content (AvgIpc) is 3.15. The number of likely N-dealkylation sites (tertiary alicyclic amines) is 1. The lowest BCUT2D eigenvalue weighted by Gasteiger charge is -2.28. The van der Waals surface area contributed by atoms with Gasteiger partial charge in [-0.2, -0.15) is 0 Å². The molecule has 1 aliphatic heterocycles. The second kappa shape index (κ2) is 7.66. The first-order valence-electron chi connectivity index (χ1n) is 11.1. The van der Waals surface area contributed by atoms with Crippen molar-refractivity contribution in [3.05, 3.63) is 71.8 Å². The van der Waals surface area contributed by atoms with Gasteiger partial charge >= 0.3 is 0 Å². The molecule has 0 radical (unpaired) electrons. The summed E-state index contributed by atoms with van der Waals surface area (Å²) in [5.74, 6) is -0.586. The number of nitrogens with two attached hydrogens (primary N) is 2. The molecular formula is C25H22FN5O2S. The maximum Gasteiger partial charge on any atom is 0.274 e. The lowest BCUT2D eigenvalue weighted by Crippen LogP contribution is -2.41. The molecule has 0 spiro atoms. The van der Waals surface area contributed by atoms with Gasteiger partial charge in [-0.05, 0) is 42.5 Å². The number of hydrogen-bond acceptors (Lipinski definition) is 5. The Bertz CT molecular complexity index is 1460. The molecule has 2 aromatic carbocycles. The third kappa shape index (κ3) is 3.35. The second-order valence-corrected chi connectivity index (χ2v) is 10.0. The summed E-state index contributed by atoms with van der Waals surface area (Å²) in [5, 5.41) is 1.07. The molecule has 172 valence electrons. The summed E-state index contributed by atoms with van der Waals surface area (Å²) in [4.78, 5) is 32.6. The molecule has 1 saturated heterocycles. The molecule has 4 N–H and O–H groups in total. The Morgan fingerprint density at radius 3 is 2.76 bits per heavy atom. The van der Waals surface area contributed by atoms with E-state index in [0.29, 0.717) is 28.5 Å². The number of piperidine rings is 1. The molecule has 3 heterocycles. The summed E-state index contributed by atoms with van der Waals surface area (Å²) < 4.78 is 15.9. The van der Waals surface area contributed by atoms with E-state index < -0.39 is 5.91 Å². The Kier molecular flexibility index (Phi) is 4.70. The topological polar surface area (TPSA) is 107 Å². The molecule has 1 saturated carbocycles. The van der Waals surface area contributed by atoms with E-state index in [2.05, 4.69) is 4.98 Å². The van der Waals surface area contributed by atoms with Crippen LogP contribution in [0.4, 0.5) is 9.52 Å². The molecule has 2 aliphatic rings. The summed E-state index contributed by atoms with van der Waals surface area (Å²) >= 11 is 1.19. The smallest absolute Gasteiger partial charge is 0.274 e. The lowest BCUT2D eigenvalue weighted by molar-refractivity contribution is 0.0681. The predicted molar refractivity (Wildman–Crippen MR) is 129 cm³/mol. The van der Waals surface area contributed by atoms with E-state index in [1.54, 1.807) is 18.3 Å². The lowest BCUT2D eigenvalue weighted by atomic mass is 10.1. The fourth-order valence-corrected chi connectivity index (χ4v) is 6.11. The third-order valence-electron chi connectivity index (χ3n) is 6.84. The van der Waals surface area contributed by atoms with E-state index in [-0.39, 0.29) is 34.6 Å². The Labute approximate surface area is 198 Å². The molecule has 6 rings (SSSR count). The number of aromatic nitrogens is 2. The van der Waals surface area contributed by atoms with Gasteiger partial charge < -0.3 is 20.9 Å². The largest absolute Gasteiger partial charge is 0.375 e. The Hall–Kier alpha value is -3.72. The van der Waals surface area contributed by atoms with Crippen LogP contribution < -0.4 is 11.5 Å². The fraction of sp³-hybridized carbons (Fsp3) is 0.240. The number of halogens is 1. The van der Waals surface area contributed by atoms with Gasteiger partial charge in [-0.1, -0.05) is 41.7 Å². The number of fused-ring (bicyclic) bond motifs is 2. The monoisotopic (exact) mass is 475 g/mol. The SMILES string of the molecule is NC(=O)c1cn(C[C@@H]2C[C@@H]3C[C@@H]3N2C(=O)c2nc(N)sc2-c2cccc(F)c2)c2ccccc12. The maximum atomic E-state index is 13.9. The molecule has 0 bridgehead atoms. The number of hydrogen-bond donors (Lipinski definition) is 2. The highest BCUT2D eigenvalue weighted by Crippen LogP contribution is 2.49. The summed E-state index contributed by atoms with van der Waals surface area (Å²) in [7, 11) is 0. The summed E-state index contributed by atoms with van der Waals surface area (Å²) in [6.07, 6.45) is 3.62. The molecule has 7 nitrogen and oxygen atoms in total. The molecule has 2 aromatic heterocycles. The van der Waals surface area contributed by atoms with E-state index >= 15 is 0 Å². The first-order chi connectivity index (χ1) is 16.4. The van der Waals surface area contributed by atoms with E-state index in [0.717, 1.165) is 23.7 Å². The molecule has 1 aliphatic carbocycles. The van der Waals surface area contributed by atoms with Crippen LogP contribution >= 0.6 is 11.3 Å². The number of carbonyl (C=O) groups excluding carboxylic acids is 2. The van der Waals surface area contributed by atoms with Crippen molar-refractivity contribution in [3.63, 3.8) is 0 Å². The van der Waals surface area contributed by atoms with Gasteiger partial charge in [0.1, 0.15) is 11.5 Å². The van der Waals surface area contributed by atoms with Crippen molar-refractivity contribution in [3.8, 4) is 10.4 Å². The number of amides is 2. The van der Waals surface area contributed by atoms with Gasteiger partial charge in [0.2, 0.25) is 0 Å². The molecule has 9 heteroatoms. The van der Waals surface area contributed by atoms with Crippen molar-refractivity contribution in [2.75, 3.05) is 5.73 Å². The second-order valence-electron chi connectivity index (χ2n) is 8.98. The number of primary amides is 1. The highest BCUT2D eigenvalue weighted by molar-refractivity contribution is 7.19. The van der Waals surface area contributed by atoms with Crippen LogP contribution in [0.2, 0.25) is 0 Å². The number of rotatable bonds is 5. The predicted octanol–water partition coefficient (Wildman–Crippen LogP) is 3.89. The van der Waals surface area contributed by atoms with Crippen LogP contribution in [0.5, 0.6) is 0 Å². The third-order valence-corrected chi connectivity index (χ3v) is 7.77. The van der Waals surface area contributed by atoms with Crippen molar-refractivity contribution >= 4 is 39.2 Å². The number of anilines is 1. The highest BCUT2D eigenvalue weighted by Gasteiger charge is 2.54. The van der Waals surface area contributed by atoms with E-state index in [1.165, 1.54) is 23.5 Å². The molecule has 0 unspecified atom stereocenters. The zero-order valence-corrected chi connectivity index (χ0v) is 19.0. The number of benzene rings is 2.